The molecule has 0 N–H and O–H groups in total. The summed E-state index contributed by atoms with van der Waals surface area (Å²) in [6.07, 6.45) is 5.40. The molecule has 2 aliphatic heterocycles. The standard InChI is InChI=1S/C29H34F2O4/c1-3-11-29(30,31)23-8-9-25-22(6-5-12-33-27(25)19-23)18-24(32)16-20(4-2)15-21-7-10-26-28(17-21)35-14-13-34-26/h7-10,17-20H,3-6,11-16H2,1-2H3/b22-18+. The molecule has 4 rings (SSSR count). The van der Waals surface area contributed by atoms with Crippen LogP contribution in [0, 0.1) is 5.92 Å². The molecule has 0 bridgehead atoms. The van der Waals surface area contributed by atoms with E-state index in [-0.39, 0.29) is 23.7 Å². The number of hydrogen-bond donors (Lipinski definition) is 0. The number of ketones is 1. The van der Waals surface area contributed by atoms with Gasteiger partial charge in [-0.2, -0.15) is 0 Å². The Morgan fingerprint density at radius 2 is 1.77 bits per heavy atom. The summed E-state index contributed by atoms with van der Waals surface area (Å²) in [7, 11) is 0. The van der Waals surface area contributed by atoms with Gasteiger partial charge in [-0.15, -0.1) is 0 Å². The molecule has 188 valence electrons. The van der Waals surface area contributed by atoms with Gasteiger partial charge in [-0.1, -0.05) is 44.9 Å². The van der Waals surface area contributed by atoms with Gasteiger partial charge in [-0.3, -0.25) is 4.79 Å². The fourth-order valence-corrected chi connectivity index (χ4v) is 4.77. The van der Waals surface area contributed by atoms with Crippen molar-refractivity contribution >= 4 is 11.4 Å². The van der Waals surface area contributed by atoms with Crippen LogP contribution in [0.25, 0.3) is 5.57 Å². The van der Waals surface area contributed by atoms with Gasteiger partial charge in [0.15, 0.2) is 17.3 Å². The number of fused-ring (bicyclic) bond motifs is 2. The first kappa shape index (κ1) is 25.2. The summed E-state index contributed by atoms with van der Waals surface area (Å²) in [5.41, 5.74) is 2.69. The Morgan fingerprint density at radius 1 is 1.00 bits per heavy atom. The quantitative estimate of drug-likeness (QED) is 0.355. The van der Waals surface area contributed by atoms with Crippen molar-refractivity contribution in [2.45, 2.75) is 64.7 Å². The third-order valence-electron chi connectivity index (χ3n) is 6.70. The predicted octanol–water partition coefficient (Wildman–Crippen LogP) is 7.13. The zero-order valence-corrected chi connectivity index (χ0v) is 20.6. The summed E-state index contributed by atoms with van der Waals surface area (Å²) in [6, 6.07) is 10.6. The van der Waals surface area contributed by atoms with E-state index < -0.39 is 5.92 Å². The molecule has 35 heavy (non-hydrogen) atoms. The molecule has 2 aliphatic rings. The van der Waals surface area contributed by atoms with Crippen LogP contribution < -0.4 is 14.2 Å². The van der Waals surface area contributed by atoms with E-state index in [0.29, 0.717) is 44.8 Å². The van der Waals surface area contributed by atoms with Crippen LogP contribution in [0.15, 0.2) is 42.5 Å². The fraction of sp³-hybridized carbons (Fsp3) is 0.483. The number of hydrogen-bond acceptors (Lipinski definition) is 4. The molecule has 0 fully saturated rings. The van der Waals surface area contributed by atoms with E-state index in [1.54, 1.807) is 19.1 Å². The van der Waals surface area contributed by atoms with Crippen molar-refractivity contribution in [1.29, 1.82) is 0 Å². The molecule has 1 unspecified atom stereocenters. The van der Waals surface area contributed by atoms with Crippen LogP contribution in [0.3, 0.4) is 0 Å². The third-order valence-corrected chi connectivity index (χ3v) is 6.70. The van der Waals surface area contributed by atoms with E-state index in [4.69, 9.17) is 14.2 Å². The van der Waals surface area contributed by atoms with Crippen LogP contribution in [-0.2, 0) is 17.1 Å². The summed E-state index contributed by atoms with van der Waals surface area (Å²) in [6.45, 7) is 5.39. The molecular formula is C29H34F2O4. The number of rotatable bonds is 9. The maximum absolute atomic E-state index is 14.5. The van der Waals surface area contributed by atoms with Crippen molar-refractivity contribution in [2.75, 3.05) is 19.8 Å². The second-order valence-corrected chi connectivity index (χ2v) is 9.41. The lowest BCUT2D eigenvalue weighted by Gasteiger charge is -2.20. The molecule has 0 radical (unpaired) electrons. The van der Waals surface area contributed by atoms with Gasteiger partial charge < -0.3 is 14.2 Å². The molecule has 0 saturated carbocycles. The van der Waals surface area contributed by atoms with Crippen LogP contribution in [-0.4, -0.2) is 25.6 Å². The smallest absolute Gasteiger partial charge is 0.273 e. The van der Waals surface area contributed by atoms with Crippen molar-refractivity contribution in [3.05, 3.63) is 59.2 Å². The van der Waals surface area contributed by atoms with E-state index in [2.05, 4.69) is 6.92 Å². The Bertz CT molecular complexity index is 1080. The normalized spacial score (nSPS) is 17.3. The molecule has 6 heteroatoms. The highest BCUT2D eigenvalue weighted by molar-refractivity contribution is 5.97. The zero-order chi connectivity index (χ0) is 24.8. The number of ether oxygens (including phenoxy) is 3. The van der Waals surface area contributed by atoms with Gasteiger partial charge >= 0.3 is 0 Å². The van der Waals surface area contributed by atoms with E-state index >= 15 is 0 Å². The predicted molar refractivity (Wildman–Crippen MR) is 132 cm³/mol. The first-order valence-corrected chi connectivity index (χ1v) is 12.7. The van der Waals surface area contributed by atoms with E-state index in [1.165, 1.54) is 12.1 Å². The van der Waals surface area contributed by atoms with Crippen molar-refractivity contribution in [3.8, 4) is 17.2 Å². The highest BCUT2D eigenvalue weighted by atomic mass is 19.3. The topological polar surface area (TPSA) is 44.8 Å². The van der Waals surface area contributed by atoms with Gasteiger partial charge in [0.2, 0.25) is 0 Å². The van der Waals surface area contributed by atoms with Crippen LogP contribution in [0.4, 0.5) is 8.78 Å². The molecular weight excluding hydrogens is 450 g/mol. The largest absolute Gasteiger partial charge is 0.493 e. The van der Waals surface area contributed by atoms with Crippen LogP contribution in [0.2, 0.25) is 0 Å². The van der Waals surface area contributed by atoms with Crippen molar-refractivity contribution in [1.82, 2.24) is 0 Å². The van der Waals surface area contributed by atoms with E-state index in [1.807, 2.05) is 18.2 Å². The van der Waals surface area contributed by atoms with Gasteiger partial charge in [0.05, 0.1) is 6.61 Å². The van der Waals surface area contributed by atoms with Crippen LogP contribution in [0.5, 0.6) is 17.2 Å². The van der Waals surface area contributed by atoms with Gasteiger partial charge in [-0.25, -0.2) is 8.78 Å². The molecule has 2 aromatic rings. The van der Waals surface area contributed by atoms with Crippen LogP contribution >= 0.6 is 0 Å². The minimum atomic E-state index is -2.89. The Balaban J connectivity index is 1.48. The van der Waals surface area contributed by atoms with Gasteiger partial charge in [-0.05, 0) is 60.6 Å². The fourth-order valence-electron chi connectivity index (χ4n) is 4.77. The number of alkyl halides is 2. The summed E-state index contributed by atoms with van der Waals surface area (Å²) in [5.74, 6) is -0.676. The molecule has 1 atom stereocenters. The summed E-state index contributed by atoms with van der Waals surface area (Å²) < 4.78 is 46.0. The monoisotopic (exact) mass is 484 g/mol. The summed E-state index contributed by atoms with van der Waals surface area (Å²) >= 11 is 0. The molecule has 0 aliphatic carbocycles. The molecule has 0 spiro atoms. The molecule has 0 aromatic heterocycles. The average Bonchev–Trinajstić information content (AvgIpc) is 3.05. The zero-order valence-electron chi connectivity index (χ0n) is 20.6. The average molecular weight is 485 g/mol. The van der Waals surface area contributed by atoms with Crippen molar-refractivity contribution in [2.24, 2.45) is 5.92 Å². The maximum Gasteiger partial charge on any atom is 0.273 e. The second-order valence-electron chi connectivity index (χ2n) is 9.41. The van der Waals surface area contributed by atoms with E-state index in [9.17, 15) is 13.6 Å². The lowest BCUT2D eigenvalue weighted by Crippen LogP contribution is -2.16. The van der Waals surface area contributed by atoms with Gasteiger partial charge in [0, 0.05) is 24.0 Å². The first-order valence-electron chi connectivity index (χ1n) is 12.7. The first-order chi connectivity index (χ1) is 16.9. The number of benzene rings is 2. The SMILES string of the molecule is CCCC(F)(F)c1ccc2c(c1)OCCC/C2=C\C(=O)CC(CC)Cc1ccc2c(c1)OCCO2. The molecule has 0 amide bonds. The van der Waals surface area contributed by atoms with Gasteiger partial charge in [0.25, 0.3) is 5.92 Å². The summed E-state index contributed by atoms with van der Waals surface area (Å²) in [5, 5.41) is 0. The maximum atomic E-state index is 14.5. The Hall–Kier alpha value is -2.89. The van der Waals surface area contributed by atoms with Crippen LogP contribution in [0.1, 0.15) is 69.1 Å². The summed E-state index contributed by atoms with van der Waals surface area (Å²) in [4.78, 5) is 13.1. The van der Waals surface area contributed by atoms with Crippen molar-refractivity contribution < 1.29 is 27.8 Å². The molecule has 2 aromatic carbocycles. The lowest BCUT2D eigenvalue weighted by atomic mass is 9.90. The second kappa shape index (κ2) is 11.2. The lowest BCUT2D eigenvalue weighted by molar-refractivity contribution is -0.115. The minimum Gasteiger partial charge on any atom is -0.493 e. The number of halogens is 2. The molecule has 4 nitrogen and oxygen atoms in total. The van der Waals surface area contributed by atoms with Crippen molar-refractivity contribution in [3.63, 3.8) is 0 Å². The Kier molecular flexibility index (Phi) is 8.09. The third kappa shape index (κ3) is 6.22. The van der Waals surface area contributed by atoms with E-state index in [0.717, 1.165) is 47.5 Å². The van der Waals surface area contributed by atoms with Gasteiger partial charge in [0.1, 0.15) is 19.0 Å². The number of allylic oxidation sites excluding steroid dienone is 2. The molecule has 0 saturated heterocycles. The Morgan fingerprint density at radius 3 is 2.54 bits per heavy atom. The Labute approximate surface area is 206 Å². The minimum absolute atomic E-state index is 0.0313. The molecule has 2 heterocycles. The highest BCUT2D eigenvalue weighted by Gasteiger charge is 2.31. The number of carbonyl (C=O) groups excluding carboxylic acids is 1. The number of carbonyl (C=O) groups is 1. The highest BCUT2D eigenvalue weighted by Crippen LogP contribution is 2.39.